The number of rotatable bonds is 4. The summed E-state index contributed by atoms with van der Waals surface area (Å²) in [6.07, 6.45) is 6.88. The molecule has 2 saturated carbocycles. The van der Waals surface area contributed by atoms with Crippen LogP contribution in [0.15, 0.2) is 24.3 Å². The minimum atomic E-state index is 0.474. The van der Waals surface area contributed by atoms with Crippen LogP contribution < -0.4 is 10.5 Å². The first-order chi connectivity index (χ1) is 8.35. The Labute approximate surface area is 103 Å². The van der Waals surface area contributed by atoms with Gasteiger partial charge in [0.15, 0.2) is 0 Å². The maximum absolute atomic E-state index is 6.16. The first-order valence-electron chi connectivity index (χ1n) is 6.81. The van der Waals surface area contributed by atoms with Crippen molar-refractivity contribution < 1.29 is 4.74 Å². The van der Waals surface area contributed by atoms with Crippen molar-refractivity contribution in [3.63, 3.8) is 0 Å². The second-order valence-corrected chi connectivity index (χ2v) is 5.52. The molecule has 0 heterocycles. The van der Waals surface area contributed by atoms with Crippen LogP contribution in [0.1, 0.15) is 31.2 Å². The Bertz CT molecular complexity index is 390. The average molecular weight is 231 g/mol. The van der Waals surface area contributed by atoms with Crippen LogP contribution in [-0.4, -0.2) is 12.6 Å². The smallest absolute Gasteiger partial charge is 0.120 e. The van der Waals surface area contributed by atoms with Crippen molar-refractivity contribution in [3.8, 4) is 5.75 Å². The largest absolute Gasteiger partial charge is 0.490 e. The van der Waals surface area contributed by atoms with E-state index in [1.807, 2.05) is 0 Å². The maximum Gasteiger partial charge on any atom is 0.120 e. The quantitative estimate of drug-likeness (QED) is 0.864. The molecule has 1 aromatic rings. The molecule has 0 spiro atoms. The Morgan fingerprint density at radius 2 is 2.18 bits per heavy atom. The van der Waals surface area contributed by atoms with Gasteiger partial charge in [-0.3, -0.25) is 0 Å². The zero-order valence-electron chi connectivity index (χ0n) is 10.3. The number of hydrogen-bond donors (Lipinski definition) is 1. The van der Waals surface area contributed by atoms with Gasteiger partial charge >= 0.3 is 0 Å². The van der Waals surface area contributed by atoms with E-state index in [1.165, 1.54) is 31.2 Å². The molecule has 3 atom stereocenters. The van der Waals surface area contributed by atoms with Crippen molar-refractivity contribution in [3.05, 3.63) is 29.8 Å². The fraction of sp³-hybridized carbons (Fsp3) is 0.600. The molecule has 0 saturated heterocycles. The molecule has 0 aromatic heterocycles. The van der Waals surface area contributed by atoms with Crippen molar-refractivity contribution in [2.45, 2.75) is 38.2 Å². The molecule has 0 amide bonds. The van der Waals surface area contributed by atoms with E-state index in [1.54, 1.807) is 0 Å². The summed E-state index contributed by atoms with van der Waals surface area (Å²) in [7, 11) is 0. The molecule has 2 nitrogen and oxygen atoms in total. The minimum absolute atomic E-state index is 0.474. The van der Waals surface area contributed by atoms with Crippen LogP contribution >= 0.6 is 0 Å². The van der Waals surface area contributed by atoms with E-state index < -0.39 is 0 Å². The number of fused-ring (bicyclic) bond motifs is 2. The highest BCUT2D eigenvalue weighted by Crippen LogP contribution is 2.45. The molecule has 3 unspecified atom stereocenters. The lowest BCUT2D eigenvalue weighted by Gasteiger charge is -2.23. The zero-order valence-corrected chi connectivity index (χ0v) is 10.3. The third kappa shape index (κ3) is 2.32. The van der Waals surface area contributed by atoms with Crippen LogP contribution in [0.3, 0.4) is 0 Å². The SMILES string of the molecule is NCCc1cccc(OC2CC3CCC2C3)c1. The van der Waals surface area contributed by atoms with Gasteiger partial charge in [0.05, 0.1) is 0 Å². The van der Waals surface area contributed by atoms with Crippen molar-refractivity contribution >= 4 is 0 Å². The van der Waals surface area contributed by atoms with E-state index in [0.29, 0.717) is 12.6 Å². The highest BCUT2D eigenvalue weighted by Gasteiger charge is 2.40. The first kappa shape index (κ1) is 11.1. The summed E-state index contributed by atoms with van der Waals surface area (Å²) in [5.74, 6) is 2.80. The summed E-state index contributed by atoms with van der Waals surface area (Å²) in [6.45, 7) is 0.706. The van der Waals surface area contributed by atoms with Crippen LogP contribution in [0.2, 0.25) is 0 Å². The van der Waals surface area contributed by atoms with E-state index in [4.69, 9.17) is 10.5 Å². The standard InChI is InChI=1S/C15H21NO/c16-7-6-11-2-1-3-14(9-11)17-15-10-12-4-5-13(15)8-12/h1-3,9,12-13,15H,4-8,10,16H2. The summed E-state index contributed by atoms with van der Waals surface area (Å²) in [5.41, 5.74) is 6.87. The Morgan fingerprint density at radius 3 is 2.88 bits per heavy atom. The second kappa shape index (κ2) is 4.69. The lowest BCUT2D eigenvalue weighted by Crippen LogP contribution is -2.23. The van der Waals surface area contributed by atoms with E-state index >= 15 is 0 Å². The molecular weight excluding hydrogens is 210 g/mol. The molecule has 2 heteroatoms. The number of benzene rings is 1. The van der Waals surface area contributed by atoms with Crippen LogP contribution in [-0.2, 0) is 6.42 Å². The van der Waals surface area contributed by atoms with Crippen LogP contribution in [0.5, 0.6) is 5.75 Å². The molecule has 2 fully saturated rings. The third-order valence-corrected chi connectivity index (χ3v) is 4.29. The van der Waals surface area contributed by atoms with Gasteiger partial charge in [-0.25, -0.2) is 0 Å². The fourth-order valence-corrected chi connectivity index (χ4v) is 3.45. The summed E-state index contributed by atoms with van der Waals surface area (Å²) < 4.78 is 6.16. The highest BCUT2D eigenvalue weighted by molar-refractivity contribution is 5.29. The van der Waals surface area contributed by atoms with E-state index in [-0.39, 0.29) is 0 Å². The van der Waals surface area contributed by atoms with E-state index in [2.05, 4.69) is 24.3 Å². The molecule has 2 N–H and O–H groups in total. The predicted octanol–water partition coefficient (Wildman–Crippen LogP) is 2.76. The molecule has 0 aliphatic heterocycles. The second-order valence-electron chi connectivity index (χ2n) is 5.52. The molecular formula is C15H21NO. The molecule has 17 heavy (non-hydrogen) atoms. The molecule has 0 radical (unpaired) electrons. The normalized spacial score (nSPS) is 30.8. The van der Waals surface area contributed by atoms with Crippen molar-refractivity contribution in [2.75, 3.05) is 6.54 Å². The third-order valence-electron chi connectivity index (χ3n) is 4.29. The van der Waals surface area contributed by atoms with Gasteiger partial charge in [0.25, 0.3) is 0 Å². The zero-order chi connectivity index (χ0) is 11.7. The van der Waals surface area contributed by atoms with E-state index in [9.17, 15) is 0 Å². The number of nitrogens with two attached hydrogens (primary N) is 1. The van der Waals surface area contributed by atoms with Gasteiger partial charge in [0.2, 0.25) is 0 Å². The molecule has 3 rings (SSSR count). The van der Waals surface area contributed by atoms with E-state index in [0.717, 1.165) is 24.0 Å². The van der Waals surface area contributed by atoms with Crippen molar-refractivity contribution in [2.24, 2.45) is 17.6 Å². The Hall–Kier alpha value is -1.02. The molecule has 2 aliphatic carbocycles. The average Bonchev–Trinajstić information content (AvgIpc) is 2.92. The van der Waals surface area contributed by atoms with Gasteiger partial charge in [0, 0.05) is 0 Å². The summed E-state index contributed by atoms with van der Waals surface area (Å²) >= 11 is 0. The van der Waals surface area contributed by atoms with Crippen LogP contribution in [0.4, 0.5) is 0 Å². The van der Waals surface area contributed by atoms with Crippen LogP contribution in [0, 0.1) is 11.8 Å². The predicted molar refractivity (Wildman–Crippen MR) is 69.1 cm³/mol. The Kier molecular flexibility index (Phi) is 3.06. The van der Waals surface area contributed by atoms with Crippen molar-refractivity contribution in [1.29, 1.82) is 0 Å². The van der Waals surface area contributed by atoms with Crippen molar-refractivity contribution in [1.82, 2.24) is 0 Å². The summed E-state index contributed by atoms with van der Waals surface area (Å²) in [6, 6.07) is 8.43. The van der Waals surface area contributed by atoms with Gasteiger partial charge in [-0.2, -0.15) is 0 Å². The molecule has 2 aliphatic rings. The Morgan fingerprint density at radius 1 is 1.24 bits per heavy atom. The van der Waals surface area contributed by atoms with Crippen LogP contribution in [0.25, 0.3) is 0 Å². The lowest BCUT2D eigenvalue weighted by atomic mass is 9.98. The van der Waals surface area contributed by atoms with Gasteiger partial charge in [-0.1, -0.05) is 12.1 Å². The van der Waals surface area contributed by atoms with Gasteiger partial charge < -0.3 is 10.5 Å². The highest BCUT2D eigenvalue weighted by atomic mass is 16.5. The molecule has 2 bridgehead atoms. The number of hydrogen-bond acceptors (Lipinski definition) is 2. The first-order valence-corrected chi connectivity index (χ1v) is 6.81. The number of ether oxygens (including phenoxy) is 1. The summed E-state index contributed by atoms with van der Waals surface area (Å²) in [5, 5.41) is 0. The van der Waals surface area contributed by atoms with Gasteiger partial charge in [0.1, 0.15) is 11.9 Å². The lowest BCUT2D eigenvalue weighted by molar-refractivity contribution is 0.138. The molecule has 92 valence electrons. The minimum Gasteiger partial charge on any atom is -0.490 e. The topological polar surface area (TPSA) is 35.2 Å². The molecule has 1 aromatic carbocycles. The Balaban J connectivity index is 1.66. The fourth-order valence-electron chi connectivity index (χ4n) is 3.45. The van der Waals surface area contributed by atoms with Gasteiger partial charge in [-0.05, 0) is 68.2 Å². The van der Waals surface area contributed by atoms with Gasteiger partial charge in [-0.15, -0.1) is 0 Å². The monoisotopic (exact) mass is 231 g/mol. The maximum atomic E-state index is 6.16. The summed E-state index contributed by atoms with van der Waals surface area (Å²) in [4.78, 5) is 0.